The Bertz CT molecular complexity index is 1280. The summed E-state index contributed by atoms with van der Waals surface area (Å²) in [6.45, 7) is 1.93. The van der Waals surface area contributed by atoms with Crippen LogP contribution in [0.1, 0.15) is 43.2 Å². The van der Waals surface area contributed by atoms with Gasteiger partial charge in [-0.05, 0) is 55.7 Å². The summed E-state index contributed by atoms with van der Waals surface area (Å²) in [5.41, 5.74) is 0.866. The van der Waals surface area contributed by atoms with Crippen LogP contribution in [0.2, 0.25) is 0 Å². The minimum atomic E-state index is -0.488. The van der Waals surface area contributed by atoms with Crippen LogP contribution in [0.4, 0.5) is 0 Å². The van der Waals surface area contributed by atoms with Crippen molar-refractivity contribution >= 4 is 17.6 Å². The summed E-state index contributed by atoms with van der Waals surface area (Å²) in [4.78, 5) is 30.5. The van der Waals surface area contributed by atoms with Gasteiger partial charge in [-0.2, -0.15) is 10.2 Å². The molecule has 162 valence electrons. The molecule has 1 fully saturated rings. The van der Waals surface area contributed by atoms with E-state index in [1.807, 2.05) is 31.2 Å². The highest BCUT2D eigenvalue weighted by molar-refractivity contribution is 6.02. The third-order valence-corrected chi connectivity index (χ3v) is 5.53. The zero-order chi connectivity index (χ0) is 22.5. The van der Waals surface area contributed by atoms with Gasteiger partial charge in [-0.25, -0.2) is 0 Å². The van der Waals surface area contributed by atoms with Crippen molar-refractivity contribution in [3.8, 4) is 17.7 Å². The molecule has 2 aromatic heterocycles. The van der Waals surface area contributed by atoms with Crippen LogP contribution in [0.25, 0.3) is 11.7 Å². The van der Waals surface area contributed by atoms with Gasteiger partial charge in [0.1, 0.15) is 28.6 Å². The molecule has 7 nitrogen and oxygen atoms in total. The van der Waals surface area contributed by atoms with Crippen molar-refractivity contribution in [1.29, 1.82) is 5.26 Å². The smallest absolute Gasteiger partial charge is 0.269 e. The minimum Gasteiger partial charge on any atom is -0.438 e. The van der Waals surface area contributed by atoms with Gasteiger partial charge in [0.2, 0.25) is 5.88 Å². The van der Waals surface area contributed by atoms with Crippen LogP contribution >= 0.6 is 0 Å². The lowest BCUT2D eigenvalue weighted by atomic mass is 9.95. The van der Waals surface area contributed by atoms with Crippen molar-refractivity contribution in [2.45, 2.75) is 45.1 Å². The number of pyridine rings is 1. The van der Waals surface area contributed by atoms with Crippen LogP contribution in [-0.2, 0) is 4.79 Å². The van der Waals surface area contributed by atoms with E-state index in [1.165, 1.54) is 10.5 Å². The summed E-state index contributed by atoms with van der Waals surface area (Å²) in [5.74, 6) is 0.0699. The summed E-state index contributed by atoms with van der Waals surface area (Å²) in [6.07, 6.45) is 7.93. The molecule has 1 aliphatic carbocycles. The number of aromatic nitrogens is 2. The Labute approximate surface area is 186 Å². The first kappa shape index (κ1) is 21.3. The van der Waals surface area contributed by atoms with E-state index in [-0.39, 0.29) is 23.1 Å². The fraction of sp³-hybridized carbons (Fsp3) is 0.280. The number of amides is 1. The third kappa shape index (κ3) is 4.70. The summed E-state index contributed by atoms with van der Waals surface area (Å²) in [7, 11) is 0. The molecule has 32 heavy (non-hydrogen) atoms. The van der Waals surface area contributed by atoms with E-state index in [0.29, 0.717) is 11.4 Å². The van der Waals surface area contributed by atoms with Gasteiger partial charge in [0.05, 0.1) is 0 Å². The quantitative estimate of drug-likeness (QED) is 0.486. The van der Waals surface area contributed by atoms with Crippen LogP contribution < -0.4 is 15.6 Å². The van der Waals surface area contributed by atoms with Gasteiger partial charge in [-0.3, -0.25) is 14.0 Å². The summed E-state index contributed by atoms with van der Waals surface area (Å²) < 4.78 is 7.31. The zero-order valence-electron chi connectivity index (χ0n) is 17.9. The number of nitrogens with one attached hydrogen (secondary N) is 1. The van der Waals surface area contributed by atoms with Crippen LogP contribution in [0.15, 0.2) is 59.0 Å². The average Bonchev–Trinajstić information content (AvgIpc) is 2.80. The van der Waals surface area contributed by atoms with Gasteiger partial charge < -0.3 is 10.1 Å². The fourth-order valence-corrected chi connectivity index (χ4v) is 3.88. The number of carbonyl (C=O) groups is 1. The lowest BCUT2D eigenvalue weighted by Gasteiger charge is -2.22. The number of nitriles is 1. The number of fused-ring (bicyclic) bond motifs is 1. The number of hydrogen-bond donors (Lipinski definition) is 1. The molecule has 1 amide bonds. The predicted molar refractivity (Wildman–Crippen MR) is 121 cm³/mol. The molecular formula is C25H24N4O3. The molecule has 0 unspecified atom stereocenters. The van der Waals surface area contributed by atoms with Crippen LogP contribution in [-0.4, -0.2) is 21.3 Å². The molecule has 4 rings (SSSR count). The highest BCUT2D eigenvalue weighted by atomic mass is 16.5. The van der Waals surface area contributed by atoms with Crippen molar-refractivity contribution in [2.24, 2.45) is 0 Å². The van der Waals surface area contributed by atoms with E-state index < -0.39 is 11.5 Å². The first-order chi connectivity index (χ1) is 15.5. The molecule has 1 saturated carbocycles. The zero-order valence-corrected chi connectivity index (χ0v) is 17.9. The molecule has 1 aliphatic rings. The second kappa shape index (κ2) is 9.48. The third-order valence-electron chi connectivity index (χ3n) is 5.53. The molecule has 0 aliphatic heterocycles. The monoisotopic (exact) mass is 428 g/mol. The lowest BCUT2D eigenvalue weighted by Crippen LogP contribution is -2.36. The Kier molecular flexibility index (Phi) is 6.31. The van der Waals surface area contributed by atoms with Gasteiger partial charge in [-0.1, -0.05) is 37.5 Å². The Hall–Kier alpha value is -3.92. The van der Waals surface area contributed by atoms with E-state index in [4.69, 9.17) is 4.74 Å². The Morgan fingerprint density at radius 1 is 1.22 bits per heavy atom. The Morgan fingerprint density at radius 3 is 2.78 bits per heavy atom. The van der Waals surface area contributed by atoms with Gasteiger partial charge in [-0.15, -0.1) is 0 Å². The second-order valence-corrected chi connectivity index (χ2v) is 7.96. The molecule has 0 spiro atoms. The van der Waals surface area contributed by atoms with Crippen LogP contribution in [0.5, 0.6) is 11.6 Å². The molecule has 0 saturated heterocycles. The van der Waals surface area contributed by atoms with Crippen molar-refractivity contribution in [3.05, 3.63) is 75.7 Å². The van der Waals surface area contributed by atoms with Crippen molar-refractivity contribution in [1.82, 2.24) is 14.7 Å². The standard InChI is InChI=1S/C25H24N4O3/c1-17-8-7-11-20(14-17)32-24-21(25(31)29-13-6-5-12-22(29)28-24)15-18(16-26)23(30)27-19-9-3-2-4-10-19/h5-8,11-15,19H,2-4,9-10H2,1H3,(H,27,30)/b18-15+. The molecule has 3 aromatic rings. The number of ether oxygens (including phenoxy) is 1. The summed E-state index contributed by atoms with van der Waals surface area (Å²) in [5, 5.41) is 12.6. The fourth-order valence-electron chi connectivity index (χ4n) is 3.88. The van der Waals surface area contributed by atoms with Crippen LogP contribution in [0, 0.1) is 18.3 Å². The number of hydrogen-bond acceptors (Lipinski definition) is 5. The van der Waals surface area contributed by atoms with Crippen LogP contribution in [0.3, 0.4) is 0 Å². The van der Waals surface area contributed by atoms with Crippen molar-refractivity contribution in [2.75, 3.05) is 0 Å². The molecule has 1 aromatic carbocycles. The lowest BCUT2D eigenvalue weighted by molar-refractivity contribution is -0.117. The van der Waals surface area contributed by atoms with Crippen molar-refractivity contribution < 1.29 is 9.53 Å². The number of rotatable bonds is 5. The highest BCUT2D eigenvalue weighted by Crippen LogP contribution is 2.25. The maximum Gasteiger partial charge on any atom is 0.269 e. The summed E-state index contributed by atoms with van der Waals surface area (Å²) >= 11 is 0. The van der Waals surface area contributed by atoms with E-state index >= 15 is 0 Å². The number of nitrogens with zero attached hydrogens (tertiary/aromatic N) is 3. The second-order valence-electron chi connectivity index (χ2n) is 7.96. The van der Waals surface area contributed by atoms with Gasteiger partial charge in [0, 0.05) is 12.2 Å². The first-order valence-electron chi connectivity index (χ1n) is 10.7. The molecule has 1 N–H and O–H groups in total. The van der Waals surface area contributed by atoms with Crippen molar-refractivity contribution in [3.63, 3.8) is 0 Å². The largest absolute Gasteiger partial charge is 0.438 e. The molecule has 7 heteroatoms. The maximum atomic E-state index is 13.2. The van der Waals surface area contributed by atoms with Gasteiger partial charge >= 0.3 is 0 Å². The Balaban J connectivity index is 1.76. The topological polar surface area (TPSA) is 96.5 Å². The molecule has 0 bridgehead atoms. The maximum absolute atomic E-state index is 13.2. The van der Waals surface area contributed by atoms with E-state index in [9.17, 15) is 14.9 Å². The molecule has 2 heterocycles. The van der Waals surface area contributed by atoms with Gasteiger partial charge in [0.15, 0.2) is 0 Å². The number of aryl methyl sites for hydroxylation is 1. The average molecular weight is 428 g/mol. The normalized spacial score (nSPS) is 14.7. The van der Waals surface area contributed by atoms with E-state index in [1.54, 1.807) is 30.5 Å². The van der Waals surface area contributed by atoms with Gasteiger partial charge in [0.25, 0.3) is 11.5 Å². The van der Waals surface area contributed by atoms with E-state index in [2.05, 4.69) is 10.3 Å². The molecule has 0 radical (unpaired) electrons. The minimum absolute atomic E-state index is 0.0463. The summed E-state index contributed by atoms with van der Waals surface area (Å²) in [6, 6.07) is 14.5. The SMILES string of the molecule is Cc1cccc(Oc2nc3ccccn3c(=O)c2/C=C(\C#N)C(=O)NC2CCCCC2)c1. The molecular weight excluding hydrogens is 404 g/mol. The van der Waals surface area contributed by atoms with E-state index in [0.717, 1.165) is 37.7 Å². The predicted octanol–water partition coefficient (Wildman–Crippen LogP) is 4.15. The number of carbonyl (C=O) groups excluding carboxylic acids is 1. The molecule has 0 atom stereocenters. The highest BCUT2D eigenvalue weighted by Gasteiger charge is 2.20. The Morgan fingerprint density at radius 2 is 2.03 bits per heavy atom. The first-order valence-corrected chi connectivity index (χ1v) is 10.7. The number of benzene rings is 1.